The molecule has 0 saturated carbocycles. The number of rotatable bonds is 1. The lowest BCUT2D eigenvalue weighted by atomic mass is 9.97. The highest BCUT2D eigenvalue weighted by atomic mass is 16.3. The van der Waals surface area contributed by atoms with Crippen LogP contribution in [0.5, 0.6) is 0 Å². The normalized spacial score (nSPS) is 30.8. The van der Waals surface area contributed by atoms with Crippen LogP contribution >= 0.6 is 0 Å². The van der Waals surface area contributed by atoms with E-state index < -0.39 is 18.1 Å². The fourth-order valence-electron chi connectivity index (χ4n) is 2.78. The van der Waals surface area contributed by atoms with Gasteiger partial charge in [-0.3, -0.25) is 19.7 Å². The largest absolute Gasteiger partial charge is 0.388 e. The number of nitrogens with one attached hydrogen (secondary N) is 1. The van der Waals surface area contributed by atoms with Crippen LogP contribution in [-0.4, -0.2) is 46.4 Å². The van der Waals surface area contributed by atoms with E-state index in [1.807, 2.05) is 0 Å². The summed E-state index contributed by atoms with van der Waals surface area (Å²) in [6.07, 6.45) is 3.89. The van der Waals surface area contributed by atoms with Crippen LogP contribution in [0.15, 0.2) is 23.3 Å². The molecule has 6 nitrogen and oxygen atoms in total. The summed E-state index contributed by atoms with van der Waals surface area (Å²) in [6, 6.07) is -0.614. The van der Waals surface area contributed by atoms with Crippen LogP contribution < -0.4 is 5.32 Å². The Balaban J connectivity index is 1.82. The van der Waals surface area contributed by atoms with Crippen molar-refractivity contribution < 1.29 is 19.5 Å². The third-order valence-corrected chi connectivity index (χ3v) is 3.81. The monoisotopic (exact) mass is 262 g/mol. The molecule has 3 amide bonds. The average Bonchev–Trinajstić information content (AvgIpc) is 2.69. The number of hydrogen-bond acceptors (Lipinski definition) is 4. The van der Waals surface area contributed by atoms with Gasteiger partial charge in [-0.15, -0.1) is 0 Å². The SMILES string of the molecule is O=C1CCC(N2CC3=C(C=CCC3O)C2=O)C(=O)N1. The number of aliphatic hydroxyl groups is 1. The van der Waals surface area contributed by atoms with Gasteiger partial charge in [0.05, 0.1) is 6.10 Å². The zero-order chi connectivity index (χ0) is 13.6. The first kappa shape index (κ1) is 12.1. The number of amides is 3. The van der Waals surface area contributed by atoms with Crippen molar-refractivity contribution in [3.8, 4) is 0 Å². The second-order valence-electron chi connectivity index (χ2n) is 4.99. The van der Waals surface area contributed by atoms with Gasteiger partial charge in [-0.05, 0) is 18.4 Å². The maximum absolute atomic E-state index is 12.3. The molecule has 2 N–H and O–H groups in total. The van der Waals surface area contributed by atoms with Crippen molar-refractivity contribution in [2.24, 2.45) is 0 Å². The second-order valence-corrected chi connectivity index (χ2v) is 4.99. The van der Waals surface area contributed by atoms with Gasteiger partial charge in [-0.2, -0.15) is 0 Å². The summed E-state index contributed by atoms with van der Waals surface area (Å²) in [7, 11) is 0. The predicted octanol–water partition coefficient (Wildman–Crippen LogP) is -0.749. The minimum absolute atomic E-state index is 0.237. The Morgan fingerprint density at radius 3 is 2.79 bits per heavy atom. The Labute approximate surface area is 109 Å². The van der Waals surface area contributed by atoms with Crippen LogP contribution in [0, 0.1) is 0 Å². The maximum Gasteiger partial charge on any atom is 0.254 e. The molecule has 1 fully saturated rings. The Hall–Kier alpha value is -1.95. The van der Waals surface area contributed by atoms with Gasteiger partial charge in [0.25, 0.3) is 5.91 Å². The van der Waals surface area contributed by atoms with E-state index in [1.165, 1.54) is 4.90 Å². The van der Waals surface area contributed by atoms with Crippen molar-refractivity contribution in [3.63, 3.8) is 0 Å². The molecule has 6 heteroatoms. The minimum atomic E-state index is -0.651. The van der Waals surface area contributed by atoms with Crippen LogP contribution in [0.4, 0.5) is 0 Å². The smallest absolute Gasteiger partial charge is 0.254 e. The average molecular weight is 262 g/mol. The Morgan fingerprint density at radius 1 is 1.32 bits per heavy atom. The molecule has 2 heterocycles. The first-order valence-electron chi connectivity index (χ1n) is 6.30. The number of imide groups is 1. The maximum atomic E-state index is 12.3. The number of nitrogens with zero attached hydrogens (tertiary/aromatic N) is 1. The summed E-state index contributed by atoms with van der Waals surface area (Å²) in [5.41, 5.74) is 1.17. The van der Waals surface area contributed by atoms with Gasteiger partial charge < -0.3 is 10.0 Å². The molecule has 1 saturated heterocycles. The highest BCUT2D eigenvalue weighted by Crippen LogP contribution is 2.30. The van der Waals surface area contributed by atoms with E-state index in [9.17, 15) is 19.5 Å². The topological polar surface area (TPSA) is 86.7 Å². The minimum Gasteiger partial charge on any atom is -0.388 e. The van der Waals surface area contributed by atoms with Crippen molar-refractivity contribution in [1.29, 1.82) is 0 Å². The third-order valence-electron chi connectivity index (χ3n) is 3.81. The lowest BCUT2D eigenvalue weighted by Gasteiger charge is -2.30. The van der Waals surface area contributed by atoms with Crippen molar-refractivity contribution in [2.45, 2.75) is 31.4 Å². The van der Waals surface area contributed by atoms with E-state index in [-0.39, 0.29) is 24.8 Å². The molecule has 3 aliphatic rings. The molecule has 1 aliphatic carbocycles. The van der Waals surface area contributed by atoms with E-state index in [2.05, 4.69) is 5.32 Å². The predicted molar refractivity (Wildman–Crippen MR) is 64.7 cm³/mol. The summed E-state index contributed by atoms with van der Waals surface area (Å²) in [6.45, 7) is 0.270. The number of piperidine rings is 1. The van der Waals surface area contributed by atoms with Gasteiger partial charge in [0.15, 0.2) is 0 Å². The van der Waals surface area contributed by atoms with Crippen molar-refractivity contribution in [2.75, 3.05) is 6.54 Å². The highest BCUT2D eigenvalue weighted by molar-refractivity contribution is 6.06. The van der Waals surface area contributed by atoms with Gasteiger partial charge in [0.1, 0.15) is 6.04 Å². The first-order chi connectivity index (χ1) is 9.08. The summed E-state index contributed by atoms with van der Waals surface area (Å²) < 4.78 is 0. The van der Waals surface area contributed by atoms with Crippen LogP contribution in [0.25, 0.3) is 0 Å². The zero-order valence-corrected chi connectivity index (χ0v) is 10.3. The number of hydrogen-bond donors (Lipinski definition) is 2. The van der Waals surface area contributed by atoms with Gasteiger partial charge in [0, 0.05) is 18.5 Å². The Kier molecular flexibility index (Phi) is 2.74. The lowest BCUT2D eigenvalue weighted by molar-refractivity contribution is -0.142. The molecular weight excluding hydrogens is 248 g/mol. The molecule has 19 heavy (non-hydrogen) atoms. The van der Waals surface area contributed by atoms with E-state index in [1.54, 1.807) is 12.2 Å². The van der Waals surface area contributed by atoms with Gasteiger partial charge in [0.2, 0.25) is 11.8 Å². The zero-order valence-electron chi connectivity index (χ0n) is 10.3. The molecule has 0 spiro atoms. The van der Waals surface area contributed by atoms with E-state index >= 15 is 0 Å². The molecule has 2 atom stereocenters. The molecule has 0 radical (unpaired) electrons. The van der Waals surface area contributed by atoms with E-state index in [0.29, 0.717) is 24.0 Å². The van der Waals surface area contributed by atoms with Gasteiger partial charge >= 0.3 is 0 Å². The number of carbonyl (C=O) groups excluding carboxylic acids is 3. The van der Waals surface area contributed by atoms with Crippen molar-refractivity contribution in [3.05, 3.63) is 23.3 Å². The molecule has 2 aliphatic heterocycles. The van der Waals surface area contributed by atoms with E-state index in [0.717, 1.165) is 0 Å². The summed E-state index contributed by atoms with van der Waals surface area (Å²) in [5, 5.41) is 12.1. The summed E-state index contributed by atoms with van der Waals surface area (Å²) >= 11 is 0. The molecule has 2 unspecified atom stereocenters. The lowest BCUT2D eigenvalue weighted by Crippen LogP contribution is -2.53. The third kappa shape index (κ3) is 1.88. The molecular formula is C13H14N2O4. The van der Waals surface area contributed by atoms with Crippen LogP contribution in [0.1, 0.15) is 19.3 Å². The Bertz CT molecular complexity index is 535. The fraction of sp³-hybridized carbons (Fsp3) is 0.462. The van der Waals surface area contributed by atoms with Gasteiger partial charge in [-0.25, -0.2) is 0 Å². The summed E-state index contributed by atoms with van der Waals surface area (Å²) in [4.78, 5) is 36.6. The summed E-state index contributed by atoms with van der Waals surface area (Å²) in [5.74, 6) is -0.965. The quantitative estimate of drug-likeness (QED) is 0.609. The number of aliphatic hydroxyl groups excluding tert-OH is 1. The molecule has 0 bridgehead atoms. The van der Waals surface area contributed by atoms with Crippen LogP contribution in [0.3, 0.4) is 0 Å². The first-order valence-corrected chi connectivity index (χ1v) is 6.30. The standard InChI is InChI=1S/C13H14N2O4/c16-10-3-1-2-7-8(10)6-15(13(7)19)9-4-5-11(17)14-12(9)18/h1-2,9-10,16H,3-6H2,(H,14,17,18). The fourth-order valence-corrected chi connectivity index (χ4v) is 2.78. The van der Waals surface area contributed by atoms with Crippen LogP contribution in [0.2, 0.25) is 0 Å². The molecule has 0 aromatic heterocycles. The number of carbonyl (C=O) groups is 3. The molecule has 3 rings (SSSR count). The van der Waals surface area contributed by atoms with Crippen molar-refractivity contribution >= 4 is 17.7 Å². The molecule has 0 aromatic rings. The molecule has 100 valence electrons. The highest BCUT2D eigenvalue weighted by Gasteiger charge is 2.41. The van der Waals surface area contributed by atoms with E-state index in [4.69, 9.17) is 0 Å². The molecule has 0 aromatic carbocycles. The van der Waals surface area contributed by atoms with Gasteiger partial charge in [-0.1, -0.05) is 12.2 Å². The Morgan fingerprint density at radius 2 is 2.11 bits per heavy atom. The second kappa shape index (κ2) is 4.31. The van der Waals surface area contributed by atoms with Crippen molar-refractivity contribution in [1.82, 2.24) is 10.2 Å². The van der Waals surface area contributed by atoms with Crippen LogP contribution in [-0.2, 0) is 14.4 Å².